The molecule has 1 aromatic heterocycles. The summed E-state index contributed by atoms with van der Waals surface area (Å²) in [4.78, 5) is 24.7. The van der Waals surface area contributed by atoms with Gasteiger partial charge < -0.3 is 14.6 Å². The summed E-state index contributed by atoms with van der Waals surface area (Å²) in [5, 5.41) is 11.2. The zero-order chi connectivity index (χ0) is 19.7. The van der Waals surface area contributed by atoms with Crippen LogP contribution in [0.15, 0.2) is 24.3 Å². The van der Waals surface area contributed by atoms with Gasteiger partial charge in [0.05, 0.1) is 13.7 Å². The molecule has 1 amide bonds. The van der Waals surface area contributed by atoms with Gasteiger partial charge in [-0.05, 0) is 31.0 Å². The standard InChI is InChI=1S/C19H24N6O3/c1-11-16(17(24-21-11)19(27)28-2)12-5-3-6-13(9-12)18(26)20-10-15-23-22-14-7-4-8-25(14)15/h3,5-6,9,11,16-17,21,24H,4,7-8,10H2,1-2H3,(H,20,26). The van der Waals surface area contributed by atoms with Crippen molar-refractivity contribution in [3.05, 3.63) is 47.0 Å². The van der Waals surface area contributed by atoms with Crippen molar-refractivity contribution in [3.63, 3.8) is 0 Å². The molecule has 148 valence electrons. The molecule has 3 atom stereocenters. The van der Waals surface area contributed by atoms with Crippen LogP contribution in [0.4, 0.5) is 0 Å². The number of hydrogen-bond acceptors (Lipinski definition) is 7. The van der Waals surface area contributed by atoms with Gasteiger partial charge in [0.25, 0.3) is 5.91 Å². The third-order valence-corrected chi connectivity index (χ3v) is 5.45. The summed E-state index contributed by atoms with van der Waals surface area (Å²) in [6.45, 7) is 3.22. The molecule has 0 radical (unpaired) electrons. The number of nitrogens with one attached hydrogen (secondary N) is 3. The van der Waals surface area contributed by atoms with Gasteiger partial charge in [-0.2, -0.15) is 0 Å². The Labute approximate surface area is 162 Å². The molecule has 9 nitrogen and oxygen atoms in total. The number of ether oxygens (including phenoxy) is 1. The van der Waals surface area contributed by atoms with Crippen molar-refractivity contribution in [1.82, 2.24) is 30.9 Å². The normalized spacial score (nSPS) is 23.4. The maximum atomic E-state index is 12.7. The predicted octanol–water partition coefficient (Wildman–Crippen LogP) is 0.276. The Balaban J connectivity index is 1.48. The summed E-state index contributed by atoms with van der Waals surface area (Å²) in [7, 11) is 1.37. The van der Waals surface area contributed by atoms with Crippen LogP contribution in [0.1, 0.15) is 46.8 Å². The first-order valence-electron chi connectivity index (χ1n) is 9.46. The van der Waals surface area contributed by atoms with Crippen LogP contribution in [0, 0.1) is 0 Å². The first-order chi connectivity index (χ1) is 13.6. The van der Waals surface area contributed by atoms with E-state index in [1.54, 1.807) is 6.07 Å². The molecule has 2 aliphatic heterocycles. The fourth-order valence-corrected chi connectivity index (χ4v) is 3.99. The number of aromatic nitrogens is 3. The van der Waals surface area contributed by atoms with Crippen LogP contribution in [0.3, 0.4) is 0 Å². The summed E-state index contributed by atoms with van der Waals surface area (Å²) in [6, 6.07) is 6.86. The molecular formula is C19H24N6O3. The molecule has 3 N–H and O–H groups in total. The number of carbonyl (C=O) groups excluding carboxylic acids is 2. The number of hydrazine groups is 1. The van der Waals surface area contributed by atoms with E-state index in [2.05, 4.69) is 30.9 Å². The maximum absolute atomic E-state index is 12.7. The lowest BCUT2D eigenvalue weighted by Gasteiger charge is -2.20. The van der Waals surface area contributed by atoms with Crippen LogP contribution in [0.2, 0.25) is 0 Å². The van der Waals surface area contributed by atoms with Crippen molar-refractivity contribution in [1.29, 1.82) is 0 Å². The molecule has 28 heavy (non-hydrogen) atoms. The highest BCUT2D eigenvalue weighted by Gasteiger charge is 2.39. The van der Waals surface area contributed by atoms with Crippen molar-refractivity contribution < 1.29 is 14.3 Å². The second-order valence-corrected chi connectivity index (χ2v) is 7.20. The fourth-order valence-electron chi connectivity index (χ4n) is 3.99. The van der Waals surface area contributed by atoms with Crippen molar-refractivity contribution in [2.45, 2.75) is 50.9 Å². The summed E-state index contributed by atoms with van der Waals surface area (Å²) in [5.41, 5.74) is 7.50. The van der Waals surface area contributed by atoms with Gasteiger partial charge in [0.2, 0.25) is 0 Å². The van der Waals surface area contributed by atoms with Gasteiger partial charge in [0.1, 0.15) is 11.9 Å². The maximum Gasteiger partial charge on any atom is 0.324 e. The highest BCUT2D eigenvalue weighted by atomic mass is 16.5. The molecular weight excluding hydrogens is 360 g/mol. The SMILES string of the molecule is COC(=O)C1NNC(C)C1c1cccc(C(=O)NCc2nnc3n2CCC3)c1. The number of amides is 1. The van der Waals surface area contributed by atoms with Crippen molar-refractivity contribution in [3.8, 4) is 0 Å². The van der Waals surface area contributed by atoms with Crippen LogP contribution >= 0.6 is 0 Å². The van der Waals surface area contributed by atoms with Crippen molar-refractivity contribution in [2.24, 2.45) is 0 Å². The minimum Gasteiger partial charge on any atom is -0.468 e. The predicted molar refractivity (Wildman–Crippen MR) is 100 cm³/mol. The van der Waals surface area contributed by atoms with Gasteiger partial charge >= 0.3 is 5.97 Å². The first-order valence-corrected chi connectivity index (χ1v) is 9.46. The molecule has 2 aliphatic rings. The van der Waals surface area contributed by atoms with E-state index in [1.165, 1.54) is 7.11 Å². The van der Waals surface area contributed by atoms with Gasteiger partial charge in [-0.3, -0.25) is 15.0 Å². The molecule has 0 saturated carbocycles. The lowest BCUT2D eigenvalue weighted by atomic mass is 9.87. The molecule has 3 unspecified atom stereocenters. The second-order valence-electron chi connectivity index (χ2n) is 7.20. The van der Waals surface area contributed by atoms with E-state index in [0.29, 0.717) is 12.1 Å². The quantitative estimate of drug-likeness (QED) is 0.635. The summed E-state index contributed by atoms with van der Waals surface area (Å²) >= 11 is 0. The van der Waals surface area contributed by atoms with Crippen LogP contribution < -0.4 is 16.2 Å². The Kier molecular flexibility index (Phi) is 5.10. The Morgan fingerprint density at radius 1 is 1.32 bits per heavy atom. The third-order valence-electron chi connectivity index (χ3n) is 5.45. The lowest BCUT2D eigenvalue weighted by molar-refractivity contribution is -0.143. The number of rotatable bonds is 5. The fraction of sp³-hybridized carbons (Fsp3) is 0.474. The number of carbonyl (C=O) groups is 2. The zero-order valence-corrected chi connectivity index (χ0v) is 15.9. The van der Waals surface area contributed by atoms with Crippen LogP contribution in [0.5, 0.6) is 0 Å². The van der Waals surface area contributed by atoms with E-state index in [0.717, 1.165) is 36.6 Å². The number of nitrogens with zero attached hydrogens (tertiary/aromatic N) is 3. The average molecular weight is 384 g/mol. The summed E-state index contributed by atoms with van der Waals surface area (Å²) in [6.07, 6.45) is 2.00. The summed E-state index contributed by atoms with van der Waals surface area (Å²) in [5.74, 6) is 1.10. The van der Waals surface area contributed by atoms with Crippen molar-refractivity contribution in [2.75, 3.05) is 7.11 Å². The van der Waals surface area contributed by atoms with Gasteiger partial charge in [0.15, 0.2) is 5.82 Å². The summed E-state index contributed by atoms with van der Waals surface area (Å²) < 4.78 is 6.96. The number of hydrogen-bond donors (Lipinski definition) is 3. The molecule has 1 aromatic carbocycles. The van der Waals surface area contributed by atoms with Crippen LogP contribution in [0.25, 0.3) is 0 Å². The van der Waals surface area contributed by atoms with E-state index >= 15 is 0 Å². The van der Waals surface area contributed by atoms with Gasteiger partial charge in [-0.15, -0.1) is 10.2 Å². The van der Waals surface area contributed by atoms with Gasteiger partial charge in [-0.1, -0.05) is 12.1 Å². The first kappa shape index (κ1) is 18.6. The van der Waals surface area contributed by atoms with E-state index in [9.17, 15) is 9.59 Å². The molecule has 0 spiro atoms. The minimum atomic E-state index is -0.503. The number of benzene rings is 1. The van der Waals surface area contributed by atoms with Gasteiger partial charge in [0, 0.05) is 30.5 Å². The minimum absolute atomic E-state index is 0.0148. The molecule has 2 aromatic rings. The third kappa shape index (κ3) is 3.38. The van der Waals surface area contributed by atoms with E-state index in [1.807, 2.05) is 25.1 Å². The molecule has 1 saturated heterocycles. The molecule has 3 heterocycles. The molecule has 1 fully saturated rings. The highest BCUT2D eigenvalue weighted by Crippen LogP contribution is 2.28. The Morgan fingerprint density at radius 3 is 3.00 bits per heavy atom. The van der Waals surface area contributed by atoms with Crippen molar-refractivity contribution >= 4 is 11.9 Å². The zero-order valence-electron chi connectivity index (χ0n) is 15.9. The monoisotopic (exact) mass is 384 g/mol. The van der Waals surface area contributed by atoms with E-state index in [4.69, 9.17) is 4.74 Å². The number of methoxy groups -OCH3 is 1. The number of esters is 1. The number of fused-ring (bicyclic) bond motifs is 1. The molecule has 9 heteroatoms. The average Bonchev–Trinajstić information content (AvgIpc) is 3.42. The van der Waals surface area contributed by atoms with E-state index in [-0.39, 0.29) is 23.8 Å². The topological polar surface area (TPSA) is 110 Å². The molecule has 0 aliphatic carbocycles. The Morgan fingerprint density at radius 2 is 2.18 bits per heavy atom. The smallest absolute Gasteiger partial charge is 0.324 e. The van der Waals surface area contributed by atoms with Crippen LogP contribution in [-0.2, 0) is 29.0 Å². The Bertz CT molecular complexity index is 896. The van der Waals surface area contributed by atoms with Crippen LogP contribution in [-0.4, -0.2) is 45.8 Å². The second kappa shape index (κ2) is 7.69. The molecule has 4 rings (SSSR count). The number of aryl methyl sites for hydroxylation is 1. The van der Waals surface area contributed by atoms with Gasteiger partial charge in [-0.25, -0.2) is 5.43 Å². The highest BCUT2D eigenvalue weighted by molar-refractivity contribution is 5.94. The van der Waals surface area contributed by atoms with E-state index < -0.39 is 6.04 Å². The lowest BCUT2D eigenvalue weighted by Crippen LogP contribution is -2.39. The molecule has 0 bridgehead atoms. The largest absolute Gasteiger partial charge is 0.468 e. The Hall–Kier alpha value is -2.78.